The Bertz CT molecular complexity index is 612. The number of carbonyl (C=O) groups excluding carboxylic acids is 2. The van der Waals surface area contributed by atoms with Crippen molar-refractivity contribution in [2.45, 2.75) is 12.8 Å². The number of anilines is 1. The van der Waals surface area contributed by atoms with E-state index in [1.807, 2.05) is 0 Å². The van der Waals surface area contributed by atoms with Gasteiger partial charge in [-0.1, -0.05) is 6.07 Å². The van der Waals surface area contributed by atoms with Gasteiger partial charge in [0.15, 0.2) is 6.61 Å². The normalized spacial score (nSPS) is 13.9. The second-order valence-corrected chi connectivity index (χ2v) is 4.26. The second-order valence-electron chi connectivity index (χ2n) is 4.26. The molecule has 0 bridgehead atoms. The summed E-state index contributed by atoms with van der Waals surface area (Å²) in [5, 5.41) is 14.8. The first kappa shape index (κ1) is 14.5. The largest absolute Gasteiger partial charge is 0.482 e. The molecule has 3 N–H and O–H groups in total. The molecule has 0 saturated heterocycles. The molecule has 0 radical (unpaired) electrons. The minimum atomic E-state index is -1.09. The molecule has 21 heavy (non-hydrogen) atoms. The Labute approximate surface area is 119 Å². The van der Waals surface area contributed by atoms with Crippen LogP contribution in [0.4, 0.5) is 5.69 Å². The number of nitrogens with zero attached hydrogens (tertiary/aromatic N) is 1. The summed E-state index contributed by atoms with van der Waals surface area (Å²) in [5.74, 6) is -1.41. The number of hydrogen-bond acceptors (Lipinski definition) is 5. The number of carbonyl (C=O) groups is 3. The van der Waals surface area contributed by atoms with E-state index in [0.29, 0.717) is 11.4 Å². The number of aliphatic carboxylic acids is 1. The zero-order chi connectivity index (χ0) is 15.2. The lowest BCUT2D eigenvalue weighted by molar-refractivity contribution is -0.139. The molecule has 110 valence electrons. The zero-order valence-electron chi connectivity index (χ0n) is 11.0. The highest BCUT2D eigenvalue weighted by atomic mass is 16.5. The predicted octanol–water partition coefficient (Wildman–Crippen LogP) is 0.354. The molecule has 0 atom stereocenters. The summed E-state index contributed by atoms with van der Waals surface area (Å²) in [5.41, 5.74) is 2.92. The van der Waals surface area contributed by atoms with E-state index < -0.39 is 18.5 Å². The maximum Gasteiger partial charge on any atom is 0.341 e. The van der Waals surface area contributed by atoms with Crippen LogP contribution in [0, 0.1) is 0 Å². The maximum atomic E-state index is 11.9. The van der Waals surface area contributed by atoms with Gasteiger partial charge in [-0.2, -0.15) is 5.10 Å². The second kappa shape index (κ2) is 6.51. The van der Waals surface area contributed by atoms with Crippen LogP contribution in [0.3, 0.4) is 0 Å². The SMILES string of the molecule is O=C(O)COc1cccc(NC(=O)C2=NNC(=O)CC2)c1. The Balaban J connectivity index is 1.99. The first-order chi connectivity index (χ1) is 10.0. The Hall–Kier alpha value is -2.90. The molecular weight excluding hydrogens is 278 g/mol. The van der Waals surface area contributed by atoms with Crippen molar-refractivity contribution < 1.29 is 24.2 Å². The van der Waals surface area contributed by atoms with Crippen LogP contribution in [0.5, 0.6) is 5.75 Å². The molecule has 1 aromatic carbocycles. The van der Waals surface area contributed by atoms with E-state index in [-0.39, 0.29) is 24.5 Å². The number of ether oxygens (including phenoxy) is 1. The van der Waals surface area contributed by atoms with Crippen molar-refractivity contribution in [1.29, 1.82) is 0 Å². The maximum absolute atomic E-state index is 11.9. The summed E-state index contributed by atoms with van der Waals surface area (Å²) in [6, 6.07) is 6.34. The van der Waals surface area contributed by atoms with Gasteiger partial charge in [-0.05, 0) is 12.1 Å². The molecule has 1 aromatic rings. The van der Waals surface area contributed by atoms with Gasteiger partial charge in [-0.15, -0.1) is 0 Å². The van der Waals surface area contributed by atoms with E-state index in [9.17, 15) is 14.4 Å². The van der Waals surface area contributed by atoms with Gasteiger partial charge in [0.2, 0.25) is 5.91 Å². The zero-order valence-corrected chi connectivity index (χ0v) is 11.0. The minimum absolute atomic E-state index is 0.216. The van der Waals surface area contributed by atoms with Crippen LogP contribution in [0.25, 0.3) is 0 Å². The predicted molar refractivity (Wildman–Crippen MR) is 73.0 cm³/mol. The fourth-order valence-corrected chi connectivity index (χ4v) is 1.65. The molecule has 0 unspecified atom stereocenters. The minimum Gasteiger partial charge on any atom is -0.482 e. The Morgan fingerprint density at radius 1 is 1.38 bits per heavy atom. The van der Waals surface area contributed by atoms with Crippen LogP contribution in [0.1, 0.15) is 12.8 Å². The van der Waals surface area contributed by atoms with Crippen LogP contribution in [-0.4, -0.2) is 35.2 Å². The number of hydrogen-bond donors (Lipinski definition) is 3. The van der Waals surface area contributed by atoms with Gasteiger partial charge in [0.25, 0.3) is 5.91 Å². The fraction of sp³-hybridized carbons (Fsp3) is 0.231. The summed E-state index contributed by atoms with van der Waals surface area (Å²) in [4.78, 5) is 33.3. The highest BCUT2D eigenvalue weighted by Crippen LogP contribution is 2.17. The first-order valence-corrected chi connectivity index (χ1v) is 6.16. The molecule has 2 rings (SSSR count). The number of carboxylic acid groups (broad SMARTS) is 1. The lowest BCUT2D eigenvalue weighted by atomic mass is 10.1. The molecule has 0 fully saturated rings. The van der Waals surface area contributed by atoms with Crippen LogP contribution >= 0.6 is 0 Å². The molecule has 8 nitrogen and oxygen atoms in total. The molecule has 0 saturated carbocycles. The number of rotatable bonds is 5. The van der Waals surface area contributed by atoms with Crippen molar-refractivity contribution in [2.75, 3.05) is 11.9 Å². The van der Waals surface area contributed by atoms with Crippen molar-refractivity contribution >= 4 is 29.2 Å². The van der Waals surface area contributed by atoms with E-state index in [1.54, 1.807) is 18.2 Å². The van der Waals surface area contributed by atoms with Gasteiger partial charge in [0.05, 0.1) is 0 Å². The Morgan fingerprint density at radius 2 is 2.19 bits per heavy atom. The van der Waals surface area contributed by atoms with Gasteiger partial charge in [0, 0.05) is 24.6 Å². The average Bonchev–Trinajstić information content (AvgIpc) is 2.46. The number of hydrazone groups is 1. The lowest BCUT2D eigenvalue weighted by Gasteiger charge is -2.12. The summed E-state index contributed by atoms with van der Waals surface area (Å²) in [6.07, 6.45) is 0.487. The highest BCUT2D eigenvalue weighted by molar-refractivity contribution is 6.43. The van der Waals surface area contributed by atoms with Crippen molar-refractivity contribution in [3.63, 3.8) is 0 Å². The van der Waals surface area contributed by atoms with Gasteiger partial charge in [0.1, 0.15) is 11.5 Å². The summed E-state index contributed by atoms with van der Waals surface area (Å²) in [6.45, 7) is -0.462. The standard InChI is InChI=1S/C13H13N3O5/c17-11-5-4-10(15-16-11)13(20)14-8-2-1-3-9(6-8)21-7-12(18)19/h1-3,6H,4-5,7H2,(H,14,20)(H,16,17)(H,18,19). The van der Waals surface area contributed by atoms with E-state index in [2.05, 4.69) is 15.8 Å². The Kier molecular flexibility index (Phi) is 4.50. The fourth-order valence-electron chi connectivity index (χ4n) is 1.65. The smallest absolute Gasteiger partial charge is 0.341 e. The number of nitrogens with one attached hydrogen (secondary N) is 2. The molecule has 1 aliphatic heterocycles. The van der Waals surface area contributed by atoms with E-state index in [0.717, 1.165) is 0 Å². The molecule has 1 heterocycles. The molecule has 8 heteroatoms. The average molecular weight is 291 g/mol. The quantitative estimate of drug-likeness (QED) is 0.723. The van der Waals surface area contributed by atoms with Crippen LogP contribution in [0.2, 0.25) is 0 Å². The molecular formula is C13H13N3O5. The third-order valence-electron chi connectivity index (χ3n) is 2.62. The van der Waals surface area contributed by atoms with E-state index in [1.165, 1.54) is 6.07 Å². The van der Waals surface area contributed by atoms with Gasteiger partial charge in [-0.25, -0.2) is 10.2 Å². The van der Waals surface area contributed by atoms with Crippen LogP contribution < -0.4 is 15.5 Å². The highest BCUT2D eigenvalue weighted by Gasteiger charge is 2.18. The molecule has 0 aromatic heterocycles. The lowest BCUT2D eigenvalue weighted by Crippen LogP contribution is -2.32. The first-order valence-electron chi connectivity index (χ1n) is 6.16. The van der Waals surface area contributed by atoms with Crippen molar-refractivity contribution in [3.05, 3.63) is 24.3 Å². The summed E-state index contributed by atoms with van der Waals surface area (Å²) in [7, 11) is 0. The number of amides is 2. The van der Waals surface area contributed by atoms with Gasteiger partial charge in [-0.3, -0.25) is 9.59 Å². The number of carboxylic acids is 1. The number of benzene rings is 1. The summed E-state index contributed by atoms with van der Waals surface area (Å²) >= 11 is 0. The van der Waals surface area contributed by atoms with Gasteiger partial charge < -0.3 is 15.2 Å². The topological polar surface area (TPSA) is 117 Å². The van der Waals surface area contributed by atoms with E-state index in [4.69, 9.17) is 9.84 Å². The third kappa shape index (κ3) is 4.30. The Morgan fingerprint density at radius 3 is 2.86 bits per heavy atom. The third-order valence-corrected chi connectivity index (χ3v) is 2.62. The summed E-state index contributed by atoms with van der Waals surface area (Å²) < 4.78 is 5.01. The van der Waals surface area contributed by atoms with Crippen molar-refractivity contribution in [2.24, 2.45) is 5.10 Å². The van der Waals surface area contributed by atoms with Crippen LogP contribution in [0.15, 0.2) is 29.4 Å². The monoisotopic (exact) mass is 291 g/mol. The van der Waals surface area contributed by atoms with Crippen molar-refractivity contribution in [1.82, 2.24) is 5.43 Å². The molecule has 2 amide bonds. The van der Waals surface area contributed by atoms with Crippen LogP contribution in [-0.2, 0) is 14.4 Å². The van der Waals surface area contributed by atoms with E-state index >= 15 is 0 Å². The molecule has 0 spiro atoms. The molecule has 1 aliphatic rings. The van der Waals surface area contributed by atoms with Crippen molar-refractivity contribution in [3.8, 4) is 5.75 Å². The van der Waals surface area contributed by atoms with Gasteiger partial charge >= 0.3 is 5.97 Å². The molecule has 0 aliphatic carbocycles.